The molecule has 0 spiro atoms. The lowest BCUT2D eigenvalue weighted by molar-refractivity contribution is 0.103. The molecule has 0 saturated carbocycles. The van der Waals surface area contributed by atoms with Crippen molar-refractivity contribution in [2.45, 2.75) is 78.0 Å². The van der Waals surface area contributed by atoms with Crippen molar-refractivity contribution in [3.8, 4) is 23.0 Å². The summed E-state index contributed by atoms with van der Waals surface area (Å²) in [5.41, 5.74) is 2.41. The molecule has 0 N–H and O–H groups in total. The second-order valence-corrected chi connectivity index (χ2v) is 15.3. The highest BCUT2D eigenvalue weighted by Gasteiger charge is 2.27. The van der Waals surface area contributed by atoms with Crippen molar-refractivity contribution in [2.24, 2.45) is 0 Å². The quantitative estimate of drug-likeness (QED) is 0.215. The topological polar surface area (TPSA) is 54.0 Å². The van der Waals surface area contributed by atoms with E-state index in [1.165, 1.54) is 0 Å². The maximum absolute atomic E-state index is 13.9. The van der Waals surface area contributed by atoms with Crippen LogP contribution < -0.4 is 18.5 Å². The van der Waals surface area contributed by atoms with E-state index in [4.69, 9.17) is 18.5 Å². The third-order valence-electron chi connectivity index (χ3n) is 5.31. The third kappa shape index (κ3) is 7.09. The number of carbonyl (C=O) groups excluding carboxylic acids is 1. The van der Waals surface area contributed by atoms with Gasteiger partial charge in [-0.15, -0.1) is 0 Å². The van der Waals surface area contributed by atoms with Crippen LogP contribution in [-0.2, 0) is 0 Å². The van der Waals surface area contributed by atoms with Crippen LogP contribution in [0.3, 0.4) is 0 Å². The van der Waals surface area contributed by atoms with Crippen molar-refractivity contribution in [3.63, 3.8) is 0 Å². The van der Waals surface area contributed by atoms with Crippen LogP contribution in [0, 0.1) is 0 Å². The first-order valence-corrected chi connectivity index (χ1v) is 14.6. The van der Waals surface area contributed by atoms with Gasteiger partial charge in [-0.1, -0.05) is 55.4 Å². The average Bonchev–Trinajstić information content (AvgIpc) is 2.79. The number of rotatable bonds is 12. The van der Waals surface area contributed by atoms with Gasteiger partial charge in [-0.3, -0.25) is 4.79 Å². The summed E-state index contributed by atoms with van der Waals surface area (Å²) in [6.45, 7) is 17.2. The summed E-state index contributed by atoms with van der Waals surface area (Å²) in [5, 5.41) is 0. The van der Waals surface area contributed by atoms with Crippen molar-refractivity contribution in [2.75, 3.05) is 14.2 Å². The first kappa shape index (κ1) is 28.4. The van der Waals surface area contributed by atoms with E-state index in [0.717, 1.165) is 0 Å². The van der Waals surface area contributed by atoms with Crippen molar-refractivity contribution in [1.29, 1.82) is 0 Å². The molecule has 0 fully saturated rings. The molecular weight excluding hydrogens is 466 g/mol. The molecule has 0 aliphatic rings. The lowest BCUT2D eigenvalue weighted by atomic mass is 10.0. The summed E-state index contributed by atoms with van der Waals surface area (Å²) >= 11 is 0. The van der Waals surface area contributed by atoms with E-state index < -0.39 is 16.3 Å². The van der Waals surface area contributed by atoms with Crippen LogP contribution in [0.4, 0.5) is 0 Å². The molecule has 0 aliphatic heterocycles. The van der Waals surface area contributed by atoms with E-state index in [9.17, 15) is 4.79 Å². The summed E-state index contributed by atoms with van der Waals surface area (Å²) in [7, 11) is 1.66. The molecule has 2 aromatic carbocycles. The molecule has 2 aromatic rings. The smallest absolute Gasteiger partial charge is 0.200 e. The molecule has 0 unspecified atom stereocenters. The second kappa shape index (κ2) is 12.8. The van der Waals surface area contributed by atoms with Gasteiger partial charge in [-0.25, -0.2) is 0 Å². The molecule has 0 amide bonds. The molecule has 0 bridgehead atoms. The first-order valence-electron chi connectivity index (χ1n) is 11.8. The molecule has 0 atom stereocenters. The van der Waals surface area contributed by atoms with Crippen LogP contribution in [0.1, 0.15) is 71.3 Å². The van der Waals surface area contributed by atoms with Gasteiger partial charge >= 0.3 is 0 Å². The number of benzene rings is 2. The number of hydrogen-bond donors (Lipinski definition) is 0. The Labute approximate surface area is 208 Å². The van der Waals surface area contributed by atoms with Gasteiger partial charge in [-0.2, -0.15) is 0 Å². The summed E-state index contributed by atoms with van der Waals surface area (Å²) in [6, 6.07) is 10.8. The van der Waals surface area contributed by atoms with Crippen LogP contribution in [0.25, 0.3) is 0 Å². The van der Waals surface area contributed by atoms with Gasteiger partial charge in [0.15, 0.2) is 0 Å². The third-order valence-corrected chi connectivity index (χ3v) is 10.2. The largest absolute Gasteiger partial charge is 0.497 e. The van der Waals surface area contributed by atoms with Crippen molar-refractivity contribution in [3.05, 3.63) is 47.5 Å². The Morgan fingerprint density at radius 3 is 1.21 bits per heavy atom. The molecule has 5 nitrogen and oxygen atoms in total. The zero-order valence-corrected chi connectivity index (χ0v) is 24.0. The summed E-state index contributed by atoms with van der Waals surface area (Å²) in [4.78, 5) is 13.9. The van der Waals surface area contributed by atoms with E-state index in [0.29, 0.717) is 56.8 Å². The number of hydrogen-bond acceptors (Lipinski definition) is 5. The minimum absolute atomic E-state index is 0.139. The van der Waals surface area contributed by atoms with Gasteiger partial charge in [0, 0.05) is 34.8 Å². The zero-order chi connectivity index (χ0) is 25.6. The predicted molar refractivity (Wildman–Crippen MR) is 145 cm³/mol. The minimum Gasteiger partial charge on any atom is -0.497 e. The Kier molecular flexibility index (Phi) is 10.7. The molecule has 7 heteroatoms. The number of ketones is 1. The van der Waals surface area contributed by atoms with Crippen LogP contribution in [-0.4, -0.2) is 42.6 Å². The number of carbonyl (C=O) groups is 1. The van der Waals surface area contributed by atoms with E-state index in [1.807, 2.05) is 12.1 Å². The van der Waals surface area contributed by atoms with Gasteiger partial charge in [0.2, 0.25) is 5.78 Å². The van der Waals surface area contributed by atoms with E-state index in [-0.39, 0.29) is 5.78 Å². The first-order chi connectivity index (χ1) is 16.0. The standard InChI is InChI=1S/C27H40O5P2/c1-17(2)33(18(3)4)31-25-15-21(29-9)11-13-23(25)27(28)24-14-12-22(30-10)16-26(24)32-34(19(5)6)20(7)8/h11-20H,1-10H3. The maximum Gasteiger partial charge on any atom is 0.200 e. The Balaban J connectivity index is 2.58. The maximum atomic E-state index is 13.9. The molecule has 0 aromatic heterocycles. The van der Waals surface area contributed by atoms with Gasteiger partial charge in [-0.05, 0) is 24.3 Å². The number of methoxy groups -OCH3 is 2. The van der Waals surface area contributed by atoms with E-state index in [2.05, 4.69) is 55.4 Å². The molecule has 188 valence electrons. The van der Waals surface area contributed by atoms with Crippen LogP contribution >= 0.6 is 16.3 Å². The minimum atomic E-state index is -0.785. The second-order valence-electron chi connectivity index (χ2n) is 9.33. The summed E-state index contributed by atoms with van der Waals surface area (Å²) in [5.74, 6) is 2.27. The molecule has 2 rings (SSSR count). The Hall–Kier alpha value is -1.83. The monoisotopic (exact) mass is 506 g/mol. The van der Waals surface area contributed by atoms with Gasteiger partial charge in [0.05, 0.1) is 41.6 Å². The van der Waals surface area contributed by atoms with Gasteiger partial charge in [0.25, 0.3) is 0 Å². The molecular formula is C27H40O5P2. The molecule has 34 heavy (non-hydrogen) atoms. The molecule has 0 saturated heterocycles. The van der Waals surface area contributed by atoms with Crippen LogP contribution in [0.2, 0.25) is 0 Å². The van der Waals surface area contributed by atoms with E-state index in [1.54, 1.807) is 38.5 Å². The van der Waals surface area contributed by atoms with E-state index >= 15 is 0 Å². The Bertz CT molecular complexity index is 865. The van der Waals surface area contributed by atoms with Crippen molar-refractivity contribution < 1.29 is 23.3 Å². The Morgan fingerprint density at radius 2 is 0.941 bits per heavy atom. The molecule has 0 aliphatic carbocycles. The fourth-order valence-corrected chi connectivity index (χ4v) is 7.76. The zero-order valence-electron chi connectivity index (χ0n) is 22.2. The highest BCUT2D eigenvalue weighted by molar-refractivity contribution is 7.54. The van der Waals surface area contributed by atoms with Crippen LogP contribution in [0.5, 0.6) is 23.0 Å². The fraction of sp³-hybridized carbons (Fsp3) is 0.519. The van der Waals surface area contributed by atoms with Crippen molar-refractivity contribution in [1.82, 2.24) is 0 Å². The lowest BCUT2D eigenvalue weighted by Crippen LogP contribution is -2.13. The molecule has 0 heterocycles. The normalized spacial score (nSPS) is 11.8. The highest BCUT2D eigenvalue weighted by Crippen LogP contribution is 2.50. The van der Waals surface area contributed by atoms with Crippen LogP contribution in [0.15, 0.2) is 36.4 Å². The SMILES string of the molecule is COc1ccc(C(=O)c2ccc(OC)cc2OP(C(C)C)C(C)C)c(OP(C(C)C)C(C)C)c1. The van der Waals surface area contributed by atoms with Gasteiger partial charge < -0.3 is 18.5 Å². The summed E-state index contributed by atoms with van der Waals surface area (Å²) < 4.78 is 23.9. The molecule has 0 radical (unpaired) electrons. The van der Waals surface area contributed by atoms with Gasteiger partial charge in [0.1, 0.15) is 23.0 Å². The summed E-state index contributed by atoms with van der Waals surface area (Å²) in [6.07, 6.45) is 0. The average molecular weight is 507 g/mol. The predicted octanol–water partition coefficient (Wildman–Crippen LogP) is 8.12. The van der Waals surface area contributed by atoms with Crippen molar-refractivity contribution >= 4 is 22.1 Å². The number of ether oxygens (including phenoxy) is 2. The fourth-order valence-electron chi connectivity index (χ4n) is 3.77. The highest BCUT2D eigenvalue weighted by atomic mass is 31.1. The Morgan fingerprint density at radius 1 is 0.618 bits per heavy atom. The lowest BCUT2D eigenvalue weighted by Gasteiger charge is -2.28.